The molecule has 0 unspecified atom stereocenters. The van der Waals surface area contributed by atoms with Crippen molar-refractivity contribution in [3.8, 4) is 11.5 Å². The van der Waals surface area contributed by atoms with Crippen LogP contribution in [-0.4, -0.2) is 11.1 Å². The van der Waals surface area contributed by atoms with E-state index in [4.69, 9.17) is 21.4 Å². The van der Waals surface area contributed by atoms with Crippen LogP contribution in [0, 0.1) is 0 Å². The lowest BCUT2D eigenvalue weighted by atomic mass is 10.2. The van der Waals surface area contributed by atoms with E-state index in [1.807, 2.05) is 42.5 Å². The Labute approximate surface area is 129 Å². The highest BCUT2D eigenvalue weighted by Crippen LogP contribution is 2.29. The molecule has 110 valence electrons. The van der Waals surface area contributed by atoms with E-state index in [0.29, 0.717) is 11.1 Å². The topological polar surface area (TPSA) is 41.5 Å². The molecule has 0 atom stereocenters. The molecule has 2 N–H and O–H groups in total. The van der Waals surface area contributed by atoms with Gasteiger partial charge in [-0.05, 0) is 42.7 Å². The van der Waals surface area contributed by atoms with Gasteiger partial charge < -0.3 is 15.2 Å². The van der Waals surface area contributed by atoms with Gasteiger partial charge in [-0.15, -0.1) is 0 Å². The van der Waals surface area contributed by atoms with Gasteiger partial charge >= 0.3 is 0 Å². The summed E-state index contributed by atoms with van der Waals surface area (Å²) in [4.78, 5) is 0. The number of aliphatic hydroxyl groups excluding tert-OH is 1. The van der Waals surface area contributed by atoms with Crippen molar-refractivity contribution >= 4 is 11.6 Å². The van der Waals surface area contributed by atoms with Crippen LogP contribution in [0.2, 0.25) is 5.02 Å². The average molecular weight is 304 g/mol. The summed E-state index contributed by atoms with van der Waals surface area (Å²) in [5.74, 6) is 1.51. The maximum Gasteiger partial charge on any atom is 0.133 e. The van der Waals surface area contributed by atoms with Crippen LogP contribution in [-0.2, 0) is 13.2 Å². The second-order valence-corrected chi connectivity index (χ2v) is 5.75. The van der Waals surface area contributed by atoms with Crippen LogP contribution in [0.5, 0.6) is 11.5 Å². The zero-order chi connectivity index (χ0) is 14.7. The molecule has 3 nitrogen and oxygen atoms in total. The van der Waals surface area contributed by atoms with Crippen LogP contribution in [0.4, 0.5) is 0 Å². The lowest BCUT2D eigenvalue weighted by Gasteiger charge is -2.12. The summed E-state index contributed by atoms with van der Waals surface area (Å²) in [5.41, 5.74) is 1.96. The molecule has 0 aromatic heterocycles. The first-order valence-electron chi connectivity index (χ1n) is 7.14. The van der Waals surface area contributed by atoms with Gasteiger partial charge in [-0.25, -0.2) is 0 Å². The lowest BCUT2D eigenvalue weighted by Crippen LogP contribution is -2.15. The molecule has 1 aliphatic carbocycles. The van der Waals surface area contributed by atoms with Crippen LogP contribution in [0.25, 0.3) is 0 Å². The summed E-state index contributed by atoms with van der Waals surface area (Å²) in [6, 6.07) is 13.8. The van der Waals surface area contributed by atoms with Gasteiger partial charge in [0.05, 0.1) is 6.61 Å². The summed E-state index contributed by atoms with van der Waals surface area (Å²) < 4.78 is 5.94. The zero-order valence-corrected chi connectivity index (χ0v) is 12.4. The first-order chi connectivity index (χ1) is 10.2. The largest absolute Gasteiger partial charge is 0.457 e. The summed E-state index contributed by atoms with van der Waals surface area (Å²) in [5, 5.41) is 13.2. The fraction of sp³-hybridized carbons (Fsp3) is 0.294. The van der Waals surface area contributed by atoms with Crippen molar-refractivity contribution in [1.29, 1.82) is 0 Å². The second kappa shape index (κ2) is 6.48. The second-order valence-electron chi connectivity index (χ2n) is 5.31. The molecule has 2 aromatic carbocycles. The highest BCUT2D eigenvalue weighted by molar-refractivity contribution is 6.30. The number of nitrogens with one attached hydrogen (secondary N) is 1. The Hall–Kier alpha value is -1.55. The Morgan fingerprint density at radius 3 is 2.57 bits per heavy atom. The van der Waals surface area contributed by atoms with E-state index in [9.17, 15) is 0 Å². The minimum absolute atomic E-state index is 0.0357. The molecule has 1 saturated carbocycles. The summed E-state index contributed by atoms with van der Waals surface area (Å²) >= 11 is 6.07. The number of hydrogen-bond donors (Lipinski definition) is 2. The predicted molar refractivity (Wildman–Crippen MR) is 83.8 cm³/mol. The number of halogens is 1. The number of ether oxygens (including phenoxy) is 1. The maximum absolute atomic E-state index is 9.06. The molecule has 0 radical (unpaired) electrons. The first kappa shape index (κ1) is 14.4. The van der Waals surface area contributed by atoms with Crippen molar-refractivity contribution in [3.05, 3.63) is 58.6 Å². The van der Waals surface area contributed by atoms with E-state index >= 15 is 0 Å². The molecular formula is C17H18ClNO2. The Kier molecular flexibility index (Phi) is 4.44. The number of benzene rings is 2. The lowest BCUT2D eigenvalue weighted by molar-refractivity contribution is 0.281. The van der Waals surface area contributed by atoms with Crippen molar-refractivity contribution in [2.75, 3.05) is 0 Å². The van der Waals surface area contributed by atoms with Gasteiger partial charge in [-0.2, -0.15) is 0 Å². The molecule has 2 aromatic rings. The standard InChI is InChI=1S/C17H18ClNO2/c18-14-4-3-13(10-19-15-5-6-15)17(9-14)21-16-7-1-12(11-20)2-8-16/h1-4,7-9,15,19-20H,5-6,10-11H2. The van der Waals surface area contributed by atoms with Crippen LogP contribution in [0.3, 0.4) is 0 Å². The number of aliphatic hydroxyl groups is 1. The van der Waals surface area contributed by atoms with Crippen molar-refractivity contribution < 1.29 is 9.84 Å². The molecule has 0 aliphatic heterocycles. The van der Waals surface area contributed by atoms with Crippen molar-refractivity contribution in [3.63, 3.8) is 0 Å². The van der Waals surface area contributed by atoms with Crippen LogP contribution >= 0.6 is 11.6 Å². The van der Waals surface area contributed by atoms with Gasteiger partial charge in [0.1, 0.15) is 11.5 Å². The quantitative estimate of drug-likeness (QED) is 0.851. The zero-order valence-electron chi connectivity index (χ0n) is 11.7. The van der Waals surface area contributed by atoms with Gasteiger partial charge in [0.2, 0.25) is 0 Å². The van der Waals surface area contributed by atoms with Crippen molar-refractivity contribution in [2.45, 2.75) is 32.0 Å². The molecule has 21 heavy (non-hydrogen) atoms. The van der Waals surface area contributed by atoms with Crippen LogP contribution in [0.1, 0.15) is 24.0 Å². The monoisotopic (exact) mass is 303 g/mol. The van der Waals surface area contributed by atoms with E-state index in [1.165, 1.54) is 12.8 Å². The van der Waals surface area contributed by atoms with Gasteiger partial charge in [0.15, 0.2) is 0 Å². The van der Waals surface area contributed by atoms with Crippen molar-refractivity contribution in [2.24, 2.45) is 0 Å². The SMILES string of the molecule is OCc1ccc(Oc2cc(Cl)ccc2CNC2CC2)cc1. The minimum atomic E-state index is 0.0357. The highest BCUT2D eigenvalue weighted by Gasteiger charge is 2.20. The minimum Gasteiger partial charge on any atom is -0.457 e. The molecule has 3 rings (SSSR count). The first-order valence-corrected chi connectivity index (χ1v) is 7.52. The summed E-state index contributed by atoms with van der Waals surface area (Å²) in [7, 11) is 0. The number of hydrogen-bond acceptors (Lipinski definition) is 3. The molecule has 0 bridgehead atoms. The molecule has 1 aliphatic rings. The molecular weight excluding hydrogens is 286 g/mol. The fourth-order valence-electron chi connectivity index (χ4n) is 2.10. The summed E-state index contributed by atoms with van der Waals surface area (Å²) in [6.45, 7) is 0.819. The molecule has 0 amide bonds. The normalized spacial score (nSPS) is 14.2. The molecule has 4 heteroatoms. The third-order valence-corrected chi connectivity index (χ3v) is 3.76. The van der Waals surface area contributed by atoms with E-state index < -0.39 is 0 Å². The van der Waals surface area contributed by atoms with E-state index in [1.54, 1.807) is 0 Å². The molecule has 0 saturated heterocycles. The van der Waals surface area contributed by atoms with E-state index in [0.717, 1.165) is 29.2 Å². The van der Waals surface area contributed by atoms with Crippen LogP contribution in [0.15, 0.2) is 42.5 Å². The van der Waals surface area contributed by atoms with Crippen LogP contribution < -0.4 is 10.1 Å². The van der Waals surface area contributed by atoms with Gasteiger partial charge in [0.25, 0.3) is 0 Å². The highest BCUT2D eigenvalue weighted by atomic mass is 35.5. The van der Waals surface area contributed by atoms with E-state index in [-0.39, 0.29) is 6.61 Å². The molecule has 1 fully saturated rings. The van der Waals surface area contributed by atoms with Crippen molar-refractivity contribution in [1.82, 2.24) is 5.32 Å². The molecule has 0 spiro atoms. The Balaban J connectivity index is 1.76. The number of rotatable bonds is 6. The van der Waals surface area contributed by atoms with Gasteiger partial charge in [-0.3, -0.25) is 0 Å². The van der Waals surface area contributed by atoms with Gasteiger partial charge in [0, 0.05) is 23.2 Å². The van der Waals surface area contributed by atoms with E-state index in [2.05, 4.69) is 5.32 Å². The van der Waals surface area contributed by atoms with Gasteiger partial charge in [-0.1, -0.05) is 29.8 Å². The average Bonchev–Trinajstić information content (AvgIpc) is 3.31. The fourth-order valence-corrected chi connectivity index (χ4v) is 2.26. The third-order valence-electron chi connectivity index (χ3n) is 3.52. The third kappa shape index (κ3) is 3.97. The predicted octanol–water partition coefficient (Wildman–Crippen LogP) is 3.88. The Bertz CT molecular complexity index is 609. The summed E-state index contributed by atoms with van der Waals surface area (Å²) in [6.07, 6.45) is 2.51. The maximum atomic E-state index is 9.06. The Morgan fingerprint density at radius 2 is 1.90 bits per heavy atom. The molecule has 0 heterocycles. The Morgan fingerprint density at radius 1 is 1.14 bits per heavy atom. The smallest absolute Gasteiger partial charge is 0.133 e.